The molecule has 1 aromatic heterocycles. The summed E-state index contributed by atoms with van der Waals surface area (Å²) in [6.45, 7) is 4.99. The van der Waals surface area contributed by atoms with Gasteiger partial charge in [0.2, 0.25) is 0 Å². The van der Waals surface area contributed by atoms with Crippen LogP contribution in [-0.2, 0) is 9.47 Å². The van der Waals surface area contributed by atoms with E-state index in [4.69, 9.17) is 14.5 Å². The highest BCUT2D eigenvalue weighted by Gasteiger charge is 2.26. The molecule has 1 aliphatic carbocycles. The van der Waals surface area contributed by atoms with E-state index in [1.54, 1.807) is 18.2 Å². The molecule has 0 bridgehead atoms. The minimum absolute atomic E-state index is 0.00817. The van der Waals surface area contributed by atoms with Crippen LogP contribution in [0.5, 0.6) is 0 Å². The van der Waals surface area contributed by atoms with Gasteiger partial charge in [0.25, 0.3) is 5.91 Å². The first-order chi connectivity index (χ1) is 16.0. The number of benzene rings is 1. The molecule has 3 fully saturated rings. The lowest BCUT2D eigenvalue weighted by atomic mass is 10.1. The topological polar surface area (TPSA) is 118 Å². The van der Waals surface area contributed by atoms with Crippen LogP contribution in [0.3, 0.4) is 0 Å². The van der Waals surface area contributed by atoms with Gasteiger partial charge in [-0.2, -0.15) is 0 Å². The third kappa shape index (κ3) is 5.23. The molecule has 0 unspecified atom stereocenters. The third-order valence-electron chi connectivity index (χ3n) is 5.89. The molecule has 0 radical (unpaired) electrons. The van der Waals surface area contributed by atoms with E-state index in [0.29, 0.717) is 62.0 Å². The van der Waals surface area contributed by atoms with Gasteiger partial charge in [-0.15, -0.1) is 0 Å². The zero-order valence-electron chi connectivity index (χ0n) is 18.5. The van der Waals surface area contributed by atoms with Crippen molar-refractivity contribution >= 4 is 23.4 Å². The quantitative estimate of drug-likeness (QED) is 0.612. The summed E-state index contributed by atoms with van der Waals surface area (Å²) in [7, 11) is 0. The third-order valence-corrected chi connectivity index (χ3v) is 5.89. The van der Waals surface area contributed by atoms with Crippen LogP contribution in [0, 0.1) is 0 Å². The molecule has 174 valence electrons. The predicted octanol–water partition coefficient (Wildman–Crippen LogP) is 1.78. The number of urea groups is 1. The van der Waals surface area contributed by atoms with Gasteiger partial charge >= 0.3 is 6.03 Å². The van der Waals surface area contributed by atoms with Crippen molar-refractivity contribution in [3.63, 3.8) is 0 Å². The number of morpholine rings is 1. The number of carbonyl (C=O) groups excluding carboxylic acids is 2. The molecule has 10 nitrogen and oxygen atoms in total. The van der Waals surface area contributed by atoms with Crippen LogP contribution < -0.4 is 20.9 Å². The summed E-state index contributed by atoms with van der Waals surface area (Å²) in [5.74, 6) is 0.899. The van der Waals surface area contributed by atoms with Crippen molar-refractivity contribution in [1.29, 1.82) is 0 Å². The van der Waals surface area contributed by atoms with Crippen molar-refractivity contribution in [3.05, 3.63) is 36.0 Å². The first kappa shape index (κ1) is 21.6. The Balaban J connectivity index is 1.39. The fourth-order valence-corrected chi connectivity index (χ4v) is 3.76. The van der Waals surface area contributed by atoms with Gasteiger partial charge in [0.15, 0.2) is 5.82 Å². The molecule has 3 amide bonds. The monoisotopic (exact) mass is 452 g/mol. The zero-order chi connectivity index (χ0) is 22.8. The Morgan fingerprint density at radius 1 is 1.00 bits per heavy atom. The molecule has 1 aromatic carbocycles. The molecule has 33 heavy (non-hydrogen) atoms. The van der Waals surface area contributed by atoms with Gasteiger partial charge in [0.1, 0.15) is 11.5 Å². The van der Waals surface area contributed by atoms with Crippen LogP contribution in [0.2, 0.25) is 0 Å². The lowest BCUT2D eigenvalue weighted by molar-refractivity contribution is -0.00354. The lowest BCUT2D eigenvalue weighted by Gasteiger charge is -2.34. The molecule has 1 atom stereocenters. The maximum Gasteiger partial charge on any atom is 0.319 e. The summed E-state index contributed by atoms with van der Waals surface area (Å²) >= 11 is 0. The Labute approximate surface area is 192 Å². The van der Waals surface area contributed by atoms with Crippen LogP contribution in [0.4, 0.5) is 16.3 Å². The maximum atomic E-state index is 12.9. The van der Waals surface area contributed by atoms with Crippen LogP contribution in [0.1, 0.15) is 30.3 Å². The van der Waals surface area contributed by atoms with Gasteiger partial charge in [0.05, 0.1) is 38.5 Å². The SMILES string of the molecule is C[C@H]1COCCN1c1cc(C(=O)NC2COC2)nc(-c2ccc(NC(=O)NC3CC3)cc2)n1. The predicted molar refractivity (Wildman–Crippen MR) is 122 cm³/mol. The van der Waals surface area contributed by atoms with Gasteiger partial charge in [0, 0.05) is 29.9 Å². The van der Waals surface area contributed by atoms with Crippen molar-refractivity contribution in [3.8, 4) is 11.4 Å². The number of aromatic nitrogens is 2. The highest BCUT2D eigenvalue weighted by molar-refractivity contribution is 5.94. The minimum atomic E-state index is -0.246. The summed E-state index contributed by atoms with van der Waals surface area (Å²) in [6, 6.07) is 9.26. The Morgan fingerprint density at radius 3 is 2.45 bits per heavy atom. The van der Waals surface area contributed by atoms with E-state index >= 15 is 0 Å². The van der Waals surface area contributed by atoms with E-state index in [2.05, 4.69) is 32.8 Å². The number of anilines is 2. The molecule has 10 heteroatoms. The number of amides is 3. The number of rotatable bonds is 6. The van der Waals surface area contributed by atoms with Gasteiger partial charge in [-0.05, 0) is 44.0 Å². The summed E-state index contributed by atoms with van der Waals surface area (Å²) < 4.78 is 10.7. The van der Waals surface area contributed by atoms with Crippen LogP contribution in [-0.4, -0.2) is 73.0 Å². The fraction of sp³-hybridized carbons (Fsp3) is 0.478. The van der Waals surface area contributed by atoms with Gasteiger partial charge in [-0.25, -0.2) is 14.8 Å². The van der Waals surface area contributed by atoms with E-state index < -0.39 is 0 Å². The Morgan fingerprint density at radius 2 is 1.79 bits per heavy atom. The van der Waals surface area contributed by atoms with Gasteiger partial charge in [-0.1, -0.05) is 0 Å². The molecule has 2 saturated heterocycles. The number of nitrogens with zero attached hydrogens (tertiary/aromatic N) is 3. The average Bonchev–Trinajstić information content (AvgIpc) is 3.60. The Kier molecular flexibility index (Phi) is 6.10. The molecular weight excluding hydrogens is 424 g/mol. The second kappa shape index (κ2) is 9.32. The second-order valence-corrected chi connectivity index (χ2v) is 8.71. The van der Waals surface area contributed by atoms with Crippen molar-refractivity contribution < 1.29 is 19.1 Å². The Hall–Kier alpha value is -3.24. The molecule has 2 aromatic rings. The number of nitrogens with one attached hydrogen (secondary N) is 3. The molecule has 5 rings (SSSR count). The molecule has 3 heterocycles. The number of hydrogen-bond donors (Lipinski definition) is 3. The van der Waals surface area contributed by atoms with E-state index in [1.165, 1.54) is 0 Å². The first-order valence-corrected chi connectivity index (χ1v) is 11.4. The molecule has 0 spiro atoms. The van der Waals surface area contributed by atoms with E-state index in [1.807, 2.05) is 12.1 Å². The normalized spacial score (nSPS) is 20.6. The number of hydrogen-bond acceptors (Lipinski definition) is 7. The van der Waals surface area contributed by atoms with Crippen molar-refractivity contribution in [2.45, 2.75) is 37.9 Å². The van der Waals surface area contributed by atoms with Crippen LogP contribution in [0.25, 0.3) is 11.4 Å². The van der Waals surface area contributed by atoms with E-state index in [-0.39, 0.29) is 24.0 Å². The number of ether oxygens (including phenoxy) is 2. The average molecular weight is 453 g/mol. The molecule has 3 aliphatic rings. The standard InChI is InChI=1S/C23H28N6O4/c1-14-11-32-9-8-29(14)20-10-19(22(30)24-18-12-33-13-18)27-21(28-20)15-2-4-16(5-3-15)25-23(31)26-17-6-7-17/h2-5,10,14,17-18H,6-9,11-13H2,1H3,(H,24,30)(H2,25,26,31)/t14-/m0/s1. The second-order valence-electron chi connectivity index (χ2n) is 8.71. The van der Waals surface area contributed by atoms with Gasteiger partial charge in [-0.3, -0.25) is 4.79 Å². The summed E-state index contributed by atoms with van der Waals surface area (Å²) in [4.78, 5) is 36.3. The summed E-state index contributed by atoms with van der Waals surface area (Å²) in [5, 5.41) is 8.69. The maximum absolute atomic E-state index is 12.9. The Bertz CT molecular complexity index is 1020. The van der Waals surface area contributed by atoms with Crippen molar-refractivity contribution in [2.75, 3.05) is 43.2 Å². The van der Waals surface area contributed by atoms with E-state index in [0.717, 1.165) is 18.4 Å². The van der Waals surface area contributed by atoms with E-state index in [9.17, 15) is 9.59 Å². The van der Waals surface area contributed by atoms with Crippen molar-refractivity contribution in [2.24, 2.45) is 0 Å². The molecular formula is C23H28N6O4. The summed E-state index contributed by atoms with van der Waals surface area (Å²) in [5.41, 5.74) is 1.75. The van der Waals surface area contributed by atoms with Crippen LogP contribution in [0.15, 0.2) is 30.3 Å². The molecule has 2 aliphatic heterocycles. The minimum Gasteiger partial charge on any atom is -0.377 e. The summed E-state index contributed by atoms with van der Waals surface area (Å²) in [6.07, 6.45) is 2.07. The van der Waals surface area contributed by atoms with Crippen LogP contribution >= 0.6 is 0 Å². The fourth-order valence-electron chi connectivity index (χ4n) is 3.76. The van der Waals surface area contributed by atoms with Crippen molar-refractivity contribution in [1.82, 2.24) is 20.6 Å². The molecule has 1 saturated carbocycles. The zero-order valence-corrected chi connectivity index (χ0v) is 18.5. The highest BCUT2D eigenvalue weighted by Crippen LogP contribution is 2.25. The largest absolute Gasteiger partial charge is 0.377 e. The smallest absolute Gasteiger partial charge is 0.319 e. The number of carbonyl (C=O) groups is 2. The highest BCUT2D eigenvalue weighted by atomic mass is 16.5. The van der Waals surface area contributed by atoms with Gasteiger partial charge < -0.3 is 30.3 Å². The molecule has 3 N–H and O–H groups in total. The first-order valence-electron chi connectivity index (χ1n) is 11.4. The lowest BCUT2D eigenvalue weighted by Crippen LogP contribution is -2.49.